The van der Waals surface area contributed by atoms with E-state index in [1.807, 2.05) is 42.5 Å². The fourth-order valence-corrected chi connectivity index (χ4v) is 5.27. The molecule has 0 heterocycles. The summed E-state index contributed by atoms with van der Waals surface area (Å²) in [5.41, 5.74) is 4.86. The van der Waals surface area contributed by atoms with E-state index in [2.05, 4.69) is 22.8 Å². The summed E-state index contributed by atoms with van der Waals surface area (Å²) in [6.45, 7) is 5.41. The zero-order valence-electron chi connectivity index (χ0n) is 23.5. The van der Waals surface area contributed by atoms with Crippen LogP contribution in [-0.2, 0) is 14.3 Å². The van der Waals surface area contributed by atoms with Gasteiger partial charge in [0.1, 0.15) is 18.2 Å². The van der Waals surface area contributed by atoms with E-state index in [9.17, 15) is 14.4 Å². The van der Waals surface area contributed by atoms with Crippen LogP contribution in [0.5, 0.6) is 0 Å². The van der Waals surface area contributed by atoms with Crippen LogP contribution in [0.2, 0.25) is 5.02 Å². The maximum Gasteiger partial charge on any atom is 0.408 e. The number of rotatable bonds is 7. The minimum atomic E-state index is -1.05. The van der Waals surface area contributed by atoms with E-state index in [-0.39, 0.29) is 23.1 Å². The van der Waals surface area contributed by atoms with Crippen LogP contribution in [0.4, 0.5) is 10.5 Å². The molecule has 1 aliphatic carbocycles. The van der Waals surface area contributed by atoms with Crippen LogP contribution < -0.4 is 10.6 Å². The Balaban J connectivity index is 1.29. The number of hydrogen-bond acceptors (Lipinski definition) is 5. The molecule has 1 aliphatic rings. The normalized spacial score (nSPS) is 13.0. The first-order valence-corrected chi connectivity index (χ1v) is 14.0. The molecule has 0 saturated carbocycles. The standard InChI is InChI=1S/C34H31ClN2O5/c1-34(2,3)42-32(39)27-18-17-22(19-29(27)35)36-31(38)30(21-11-5-4-6-12-21)37-33(40)41-20-28-25-15-9-7-13-23(25)24-14-8-10-16-26(24)28/h4-19,28,30H,20H2,1-3H3,(H,36,38)(H,37,40)/t30-/m0/s1. The first-order valence-electron chi connectivity index (χ1n) is 13.6. The zero-order valence-corrected chi connectivity index (χ0v) is 24.3. The van der Waals surface area contributed by atoms with E-state index in [1.54, 1.807) is 51.1 Å². The molecule has 0 radical (unpaired) electrons. The molecule has 0 saturated heterocycles. The van der Waals surface area contributed by atoms with Crippen LogP contribution in [0.25, 0.3) is 11.1 Å². The fourth-order valence-electron chi connectivity index (χ4n) is 5.01. The SMILES string of the molecule is CC(C)(C)OC(=O)c1ccc(NC(=O)[C@@H](NC(=O)OCC2c3ccccc3-c3ccccc32)c2ccccc2)cc1Cl. The lowest BCUT2D eigenvalue weighted by atomic mass is 9.98. The van der Waals surface area contributed by atoms with Crippen molar-refractivity contribution < 1.29 is 23.9 Å². The van der Waals surface area contributed by atoms with E-state index in [4.69, 9.17) is 21.1 Å². The van der Waals surface area contributed by atoms with Crippen LogP contribution >= 0.6 is 11.6 Å². The molecule has 8 heteroatoms. The molecule has 0 spiro atoms. The molecule has 2 amide bonds. The summed E-state index contributed by atoms with van der Waals surface area (Å²) in [5.74, 6) is -1.18. The van der Waals surface area contributed by atoms with Crippen molar-refractivity contribution in [1.82, 2.24) is 5.32 Å². The first-order chi connectivity index (χ1) is 20.1. The first kappa shape index (κ1) is 28.9. The van der Waals surface area contributed by atoms with Crippen LogP contribution in [0.3, 0.4) is 0 Å². The van der Waals surface area contributed by atoms with E-state index in [0.717, 1.165) is 22.3 Å². The average Bonchev–Trinajstić information content (AvgIpc) is 3.28. The van der Waals surface area contributed by atoms with E-state index in [1.165, 1.54) is 12.1 Å². The van der Waals surface area contributed by atoms with Gasteiger partial charge in [0.15, 0.2) is 0 Å². The van der Waals surface area contributed by atoms with Crippen molar-refractivity contribution in [3.63, 3.8) is 0 Å². The van der Waals surface area contributed by atoms with Gasteiger partial charge in [0.05, 0.1) is 10.6 Å². The van der Waals surface area contributed by atoms with Crippen LogP contribution in [0, 0.1) is 0 Å². The molecule has 42 heavy (non-hydrogen) atoms. The Kier molecular flexibility index (Phi) is 8.31. The van der Waals surface area contributed by atoms with E-state index >= 15 is 0 Å². The average molecular weight is 583 g/mol. The Morgan fingerprint density at radius 1 is 0.833 bits per heavy atom. The van der Waals surface area contributed by atoms with Gasteiger partial charge in [-0.25, -0.2) is 9.59 Å². The quantitative estimate of drug-likeness (QED) is 0.220. The smallest absolute Gasteiger partial charge is 0.408 e. The molecule has 0 unspecified atom stereocenters. The maximum absolute atomic E-state index is 13.4. The van der Waals surface area contributed by atoms with Gasteiger partial charge < -0.3 is 20.1 Å². The summed E-state index contributed by atoms with van der Waals surface area (Å²) in [7, 11) is 0. The molecule has 2 N–H and O–H groups in total. The lowest BCUT2D eigenvalue weighted by Gasteiger charge is -2.21. The van der Waals surface area contributed by atoms with Gasteiger partial charge >= 0.3 is 12.1 Å². The number of halogens is 1. The Hall–Kier alpha value is -4.62. The highest BCUT2D eigenvalue weighted by atomic mass is 35.5. The second-order valence-electron chi connectivity index (χ2n) is 11.0. The van der Waals surface area contributed by atoms with Gasteiger partial charge in [-0.05, 0) is 66.8 Å². The Labute approximate surface area is 249 Å². The Bertz CT molecular complexity index is 1590. The number of fused-ring (bicyclic) bond motifs is 3. The number of alkyl carbamates (subject to hydrolysis) is 1. The van der Waals surface area contributed by atoms with E-state index in [0.29, 0.717) is 11.3 Å². The number of ether oxygens (including phenoxy) is 2. The molecular weight excluding hydrogens is 552 g/mol. The largest absolute Gasteiger partial charge is 0.456 e. The monoisotopic (exact) mass is 582 g/mol. The molecular formula is C34H31ClN2O5. The van der Waals surface area contributed by atoms with Crippen LogP contribution in [0.15, 0.2) is 97.1 Å². The van der Waals surface area contributed by atoms with Crippen LogP contribution in [0.1, 0.15) is 59.8 Å². The molecule has 7 nitrogen and oxygen atoms in total. The van der Waals surface area contributed by atoms with Crippen molar-refractivity contribution in [3.8, 4) is 11.1 Å². The van der Waals surface area contributed by atoms with Gasteiger partial charge in [0.2, 0.25) is 0 Å². The molecule has 5 rings (SSSR count). The van der Waals surface area contributed by atoms with Crippen molar-refractivity contribution >= 4 is 35.3 Å². The van der Waals surface area contributed by atoms with Crippen molar-refractivity contribution in [2.24, 2.45) is 0 Å². The van der Waals surface area contributed by atoms with Crippen molar-refractivity contribution in [2.45, 2.75) is 38.3 Å². The minimum absolute atomic E-state index is 0.113. The molecule has 1 atom stereocenters. The Morgan fingerprint density at radius 3 is 2.02 bits per heavy atom. The predicted octanol–water partition coefficient (Wildman–Crippen LogP) is 7.51. The van der Waals surface area contributed by atoms with E-state index < -0.39 is 29.6 Å². The molecule has 0 bridgehead atoms. The van der Waals surface area contributed by atoms with Gasteiger partial charge in [-0.3, -0.25) is 4.79 Å². The van der Waals surface area contributed by atoms with Gasteiger partial charge in [-0.2, -0.15) is 0 Å². The summed E-state index contributed by atoms with van der Waals surface area (Å²) in [6.07, 6.45) is -0.723. The van der Waals surface area contributed by atoms with Crippen molar-refractivity contribution in [2.75, 3.05) is 11.9 Å². The molecule has 0 aliphatic heterocycles. The molecule has 0 fully saturated rings. The van der Waals surface area contributed by atoms with Gasteiger partial charge in [-0.15, -0.1) is 0 Å². The second-order valence-corrected chi connectivity index (χ2v) is 11.4. The summed E-state index contributed by atoms with van der Waals surface area (Å²) >= 11 is 6.35. The number of amides is 2. The zero-order chi connectivity index (χ0) is 29.9. The number of nitrogens with one attached hydrogen (secondary N) is 2. The molecule has 0 aromatic heterocycles. The fraction of sp³-hybridized carbons (Fsp3) is 0.206. The van der Waals surface area contributed by atoms with Gasteiger partial charge in [-0.1, -0.05) is 90.5 Å². The summed E-state index contributed by atoms with van der Waals surface area (Å²) < 4.78 is 11.1. The highest BCUT2D eigenvalue weighted by molar-refractivity contribution is 6.34. The molecule has 4 aromatic rings. The predicted molar refractivity (Wildman–Crippen MR) is 163 cm³/mol. The highest BCUT2D eigenvalue weighted by Gasteiger charge is 2.30. The van der Waals surface area contributed by atoms with Gasteiger partial charge in [0.25, 0.3) is 5.91 Å². The highest BCUT2D eigenvalue weighted by Crippen LogP contribution is 2.44. The third-order valence-electron chi connectivity index (χ3n) is 6.86. The third-order valence-corrected chi connectivity index (χ3v) is 7.17. The minimum Gasteiger partial charge on any atom is -0.456 e. The third kappa shape index (κ3) is 6.47. The maximum atomic E-state index is 13.4. The second kappa shape index (κ2) is 12.1. The summed E-state index contributed by atoms with van der Waals surface area (Å²) in [5, 5.41) is 5.62. The number of carbonyl (C=O) groups is 3. The molecule has 214 valence electrons. The molecule has 4 aromatic carbocycles. The number of esters is 1. The topological polar surface area (TPSA) is 93.7 Å². The summed E-state index contributed by atoms with van der Waals surface area (Å²) in [6, 6.07) is 28.5. The van der Waals surface area contributed by atoms with Crippen molar-refractivity contribution in [1.29, 1.82) is 0 Å². The number of benzene rings is 4. The number of anilines is 1. The Morgan fingerprint density at radius 2 is 1.43 bits per heavy atom. The number of carbonyl (C=O) groups excluding carboxylic acids is 3. The van der Waals surface area contributed by atoms with Crippen LogP contribution in [-0.4, -0.2) is 30.2 Å². The van der Waals surface area contributed by atoms with Crippen molar-refractivity contribution in [3.05, 3.63) is 124 Å². The number of hydrogen-bond donors (Lipinski definition) is 2. The lowest BCUT2D eigenvalue weighted by Crippen LogP contribution is -2.37. The van der Waals surface area contributed by atoms with Gasteiger partial charge in [0, 0.05) is 11.6 Å². The summed E-state index contributed by atoms with van der Waals surface area (Å²) in [4.78, 5) is 39.0. The lowest BCUT2D eigenvalue weighted by molar-refractivity contribution is -0.118.